The lowest BCUT2D eigenvalue weighted by Crippen LogP contribution is -2.46. The van der Waals surface area contributed by atoms with Gasteiger partial charge < -0.3 is 19.1 Å². The lowest BCUT2D eigenvalue weighted by atomic mass is 10.3. The number of hydrogen-bond acceptors (Lipinski definition) is 9. The van der Waals surface area contributed by atoms with Gasteiger partial charge in [0.25, 0.3) is 0 Å². The van der Waals surface area contributed by atoms with E-state index in [2.05, 4.69) is 34.8 Å². The van der Waals surface area contributed by atoms with Gasteiger partial charge in [-0.2, -0.15) is 9.97 Å². The SMILES string of the molecule is COc1cc(OC)nc(N2CCN(Cc3cn(-c4ccc(OC(F)(F)F)cc4)nn3)CC2)n1. The lowest BCUT2D eigenvalue weighted by Gasteiger charge is -2.34. The molecule has 3 aromatic rings. The molecule has 0 N–H and O–H groups in total. The summed E-state index contributed by atoms with van der Waals surface area (Å²) in [6.45, 7) is 3.54. The summed E-state index contributed by atoms with van der Waals surface area (Å²) < 4.78 is 52.7. The molecular formula is C20H22F3N7O3. The first-order valence-corrected chi connectivity index (χ1v) is 10.0. The predicted octanol–water partition coefficient (Wildman–Crippen LogP) is 2.30. The van der Waals surface area contributed by atoms with Crippen molar-refractivity contribution in [3.05, 3.63) is 42.2 Å². The van der Waals surface area contributed by atoms with Crippen LogP contribution in [0.15, 0.2) is 36.5 Å². The minimum atomic E-state index is -4.73. The summed E-state index contributed by atoms with van der Waals surface area (Å²) in [4.78, 5) is 13.1. The Hall–Kier alpha value is -3.61. The second kappa shape index (κ2) is 9.48. The molecule has 1 saturated heterocycles. The van der Waals surface area contributed by atoms with Crippen molar-refractivity contribution in [1.82, 2.24) is 29.9 Å². The van der Waals surface area contributed by atoms with Gasteiger partial charge in [0.05, 0.1) is 37.9 Å². The largest absolute Gasteiger partial charge is 0.573 e. The molecule has 2 aromatic heterocycles. The number of nitrogens with zero attached hydrogens (tertiary/aromatic N) is 7. The Balaban J connectivity index is 1.34. The third kappa shape index (κ3) is 5.80. The smallest absolute Gasteiger partial charge is 0.481 e. The quantitative estimate of drug-likeness (QED) is 0.521. The molecule has 33 heavy (non-hydrogen) atoms. The van der Waals surface area contributed by atoms with Crippen molar-refractivity contribution < 1.29 is 27.4 Å². The maximum absolute atomic E-state index is 12.3. The molecule has 0 atom stereocenters. The number of anilines is 1. The molecule has 0 unspecified atom stereocenters. The Morgan fingerprint density at radius 2 is 1.58 bits per heavy atom. The third-order valence-electron chi connectivity index (χ3n) is 5.00. The lowest BCUT2D eigenvalue weighted by molar-refractivity contribution is -0.274. The second-order valence-electron chi connectivity index (χ2n) is 7.21. The van der Waals surface area contributed by atoms with E-state index in [4.69, 9.17) is 9.47 Å². The van der Waals surface area contributed by atoms with E-state index >= 15 is 0 Å². The summed E-state index contributed by atoms with van der Waals surface area (Å²) in [5, 5.41) is 8.26. The molecule has 176 valence electrons. The fourth-order valence-electron chi connectivity index (χ4n) is 3.38. The molecule has 1 aliphatic heterocycles. The highest BCUT2D eigenvalue weighted by Crippen LogP contribution is 2.24. The van der Waals surface area contributed by atoms with Gasteiger partial charge in [-0.1, -0.05) is 5.21 Å². The van der Waals surface area contributed by atoms with Gasteiger partial charge in [0, 0.05) is 32.7 Å². The Morgan fingerprint density at radius 3 is 2.15 bits per heavy atom. The monoisotopic (exact) mass is 465 g/mol. The summed E-state index contributed by atoms with van der Waals surface area (Å²) in [7, 11) is 3.09. The topological polar surface area (TPSA) is 90.7 Å². The van der Waals surface area contributed by atoms with Crippen LogP contribution in [0.1, 0.15) is 5.69 Å². The van der Waals surface area contributed by atoms with E-state index in [1.807, 2.05) is 0 Å². The molecule has 0 radical (unpaired) electrons. The zero-order valence-electron chi connectivity index (χ0n) is 18.0. The minimum Gasteiger partial charge on any atom is -0.481 e. The van der Waals surface area contributed by atoms with Crippen LogP contribution in [0, 0.1) is 0 Å². The van der Waals surface area contributed by atoms with E-state index in [-0.39, 0.29) is 5.75 Å². The number of benzene rings is 1. The molecule has 0 bridgehead atoms. The highest BCUT2D eigenvalue weighted by molar-refractivity contribution is 5.38. The second-order valence-corrected chi connectivity index (χ2v) is 7.21. The first-order valence-electron chi connectivity index (χ1n) is 10.0. The van der Waals surface area contributed by atoms with Crippen molar-refractivity contribution in [1.29, 1.82) is 0 Å². The molecule has 13 heteroatoms. The van der Waals surface area contributed by atoms with Gasteiger partial charge in [-0.3, -0.25) is 4.90 Å². The standard InChI is InChI=1S/C20H22F3N7O3/c1-31-17-11-18(32-2)25-19(24-17)29-9-7-28(8-10-29)12-14-13-30(27-26-14)15-3-5-16(6-4-15)33-20(21,22)23/h3-6,11,13H,7-10,12H2,1-2H3. The number of methoxy groups -OCH3 is 2. The van der Waals surface area contributed by atoms with Gasteiger partial charge in [-0.25, -0.2) is 4.68 Å². The minimum absolute atomic E-state index is 0.290. The summed E-state index contributed by atoms with van der Waals surface area (Å²) in [6.07, 6.45) is -2.97. The average molecular weight is 465 g/mol. The first-order chi connectivity index (χ1) is 15.8. The molecule has 1 aromatic carbocycles. The highest BCUT2D eigenvalue weighted by Gasteiger charge is 2.31. The number of rotatable bonds is 7. The van der Waals surface area contributed by atoms with Crippen LogP contribution in [0.25, 0.3) is 5.69 Å². The van der Waals surface area contributed by atoms with Crippen molar-refractivity contribution in [2.45, 2.75) is 12.9 Å². The van der Waals surface area contributed by atoms with Crippen molar-refractivity contribution in [3.8, 4) is 23.2 Å². The van der Waals surface area contributed by atoms with E-state index in [0.717, 1.165) is 18.8 Å². The Kier molecular flexibility index (Phi) is 6.49. The van der Waals surface area contributed by atoms with E-state index in [9.17, 15) is 13.2 Å². The molecule has 0 spiro atoms. The van der Waals surface area contributed by atoms with Crippen LogP contribution in [-0.2, 0) is 6.54 Å². The Bertz CT molecular complexity index is 1050. The van der Waals surface area contributed by atoms with E-state index in [1.54, 1.807) is 26.5 Å². The van der Waals surface area contributed by atoms with Crippen LogP contribution >= 0.6 is 0 Å². The average Bonchev–Trinajstić information content (AvgIpc) is 3.27. The number of alkyl halides is 3. The van der Waals surface area contributed by atoms with Crippen LogP contribution < -0.4 is 19.1 Å². The van der Waals surface area contributed by atoms with Gasteiger partial charge in [-0.05, 0) is 24.3 Å². The number of hydrogen-bond donors (Lipinski definition) is 0. The molecule has 1 aliphatic rings. The molecule has 0 amide bonds. The normalized spacial score (nSPS) is 14.9. The number of piperazine rings is 1. The summed E-state index contributed by atoms with van der Waals surface area (Å²) in [5.41, 5.74) is 1.33. The predicted molar refractivity (Wildman–Crippen MR) is 111 cm³/mol. The van der Waals surface area contributed by atoms with Crippen molar-refractivity contribution >= 4 is 5.95 Å². The van der Waals surface area contributed by atoms with E-state index < -0.39 is 6.36 Å². The fourth-order valence-corrected chi connectivity index (χ4v) is 3.38. The molecule has 1 fully saturated rings. The van der Waals surface area contributed by atoms with E-state index in [1.165, 1.54) is 28.9 Å². The highest BCUT2D eigenvalue weighted by atomic mass is 19.4. The Labute approximate surface area is 187 Å². The van der Waals surface area contributed by atoms with Gasteiger partial charge >= 0.3 is 6.36 Å². The summed E-state index contributed by atoms with van der Waals surface area (Å²) >= 11 is 0. The fraction of sp³-hybridized carbons (Fsp3) is 0.400. The van der Waals surface area contributed by atoms with Crippen LogP contribution in [0.4, 0.5) is 19.1 Å². The zero-order valence-corrected chi connectivity index (χ0v) is 18.0. The summed E-state index contributed by atoms with van der Waals surface area (Å²) in [6, 6.07) is 7.07. The van der Waals surface area contributed by atoms with Crippen LogP contribution in [-0.4, -0.2) is 76.6 Å². The third-order valence-corrected chi connectivity index (χ3v) is 5.00. The van der Waals surface area contributed by atoms with Crippen molar-refractivity contribution in [3.63, 3.8) is 0 Å². The van der Waals surface area contributed by atoms with Gasteiger partial charge in [0.2, 0.25) is 17.7 Å². The van der Waals surface area contributed by atoms with Crippen molar-refractivity contribution in [2.24, 2.45) is 0 Å². The van der Waals surface area contributed by atoms with Crippen molar-refractivity contribution in [2.75, 3.05) is 45.3 Å². The molecular weight excluding hydrogens is 443 g/mol. The number of aromatic nitrogens is 5. The molecule has 10 nitrogen and oxygen atoms in total. The zero-order chi connectivity index (χ0) is 23.4. The molecule has 0 aliphatic carbocycles. The summed E-state index contributed by atoms with van der Waals surface area (Å²) in [5.74, 6) is 1.14. The first kappa shape index (κ1) is 22.6. The maximum Gasteiger partial charge on any atom is 0.573 e. The molecule has 0 saturated carbocycles. The molecule has 3 heterocycles. The van der Waals surface area contributed by atoms with Crippen LogP contribution in [0.3, 0.4) is 0 Å². The van der Waals surface area contributed by atoms with Gasteiger partial charge in [0.15, 0.2) is 0 Å². The van der Waals surface area contributed by atoms with Crippen LogP contribution in [0.2, 0.25) is 0 Å². The maximum atomic E-state index is 12.3. The number of halogens is 3. The molecule has 4 rings (SSSR count). The van der Waals surface area contributed by atoms with Gasteiger partial charge in [0.1, 0.15) is 5.75 Å². The number of ether oxygens (including phenoxy) is 3. The van der Waals surface area contributed by atoms with Gasteiger partial charge in [-0.15, -0.1) is 18.3 Å². The van der Waals surface area contributed by atoms with Crippen LogP contribution in [0.5, 0.6) is 17.5 Å². The van der Waals surface area contributed by atoms with E-state index in [0.29, 0.717) is 43.0 Å². The Morgan fingerprint density at radius 1 is 0.939 bits per heavy atom.